The van der Waals surface area contributed by atoms with Gasteiger partial charge in [-0.05, 0) is 30.3 Å². The highest BCUT2D eigenvalue weighted by atomic mass is 79.9. The largest absolute Gasteiger partial charge is 0.497 e. The van der Waals surface area contributed by atoms with Crippen molar-refractivity contribution in [3.8, 4) is 22.8 Å². The fourth-order valence-corrected chi connectivity index (χ4v) is 4.40. The van der Waals surface area contributed by atoms with Crippen molar-refractivity contribution in [2.24, 2.45) is 10.1 Å². The summed E-state index contributed by atoms with van der Waals surface area (Å²) in [5, 5.41) is 7.90. The topological polar surface area (TPSA) is 63.9 Å². The Bertz CT molecular complexity index is 1330. The molecular weight excluding hydrogens is 476 g/mol. The van der Waals surface area contributed by atoms with Gasteiger partial charge in [0.15, 0.2) is 0 Å². The molecular formula is C23H21BrN4O2S. The number of thiazole rings is 1. The van der Waals surface area contributed by atoms with E-state index in [0.29, 0.717) is 12.3 Å². The van der Waals surface area contributed by atoms with E-state index in [1.807, 2.05) is 52.8 Å². The Morgan fingerprint density at radius 1 is 1.19 bits per heavy atom. The Hall–Kier alpha value is -3.10. The molecule has 8 heteroatoms. The first-order valence-electron chi connectivity index (χ1n) is 9.50. The third-order valence-electron chi connectivity index (χ3n) is 4.71. The van der Waals surface area contributed by atoms with Crippen molar-refractivity contribution in [1.82, 2.24) is 9.66 Å². The van der Waals surface area contributed by atoms with Gasteiger partial charge >= 0.3 is 0 Å². The van der Waals surface area contributed by atoms with Crippen LogP contribution >= 0.6 is 27.3 Å². The van der Waals surface area contributed by atoms with Gasteiger partial charge in [0.25, 0.3) is 0 Å². The number of hydrogen-bond acceptors (Lipinski definition) is 5. The summed E-state index contributed by atoms with van der Waals surface area (Å²) in [4.78, 5) is 8.66. The number of fused-ring (bicyclic) bond motifs is 1. The van der Waals surface area contributed by atoms with E-state index in [-0.39, 0.29) is 0 Å². The fourth-order valence-electron chi connectivity index (χ4n) is 3.20. The minimum Gasteiger partial charge on any atom is -0.497 e. The first kappa shape index (κ1) is 21.1. The molecule has 1 N–H and O–H groups in total. The number of H-pyrrole nitrogens is 1. The van der Waals surface area contributed by atoms with Crippen LogP contribution in [0.25, 0.3) is 22.2 Å². The number of benzene rings is 2. The number of nitrogens with zero attached hydrogens (tertiary/aromatic N) is 3. The van der Waals surface area contributed by atoms with Crippen molar-refractivity contribution < 1.29 is 9.47 Å². The third-order valence-corrected chi connectivity index (χ3v) is 6.06. The van der Waals surface area contributed by atoms with Gasteiger partial charge in [-0.2, -0.15) is 5.10 Å². The highest BCUT2D eigenvalue weighted by Gasteiger charge is 2.14. The third kappa shape index (κ3) is 4.35. The van der Waals surface area contributed by atoms with Gasteiger partial charge < -0.3 is 14.5 Å². The summed E-state index contributed by atoms with van der Waals surface area (Å²) in [6, 6.07) is 11.8. The fraction of sp³-hybridized carbons (Fsp3) is 0.130. The number of halogens is 1. The van der Waals surface area contributed by atoms with Crippen molar-refractivity contribution in [3.63, 3.8) is 0 Å². The molecule has 0 atom stereocenters. The Labute approximate surface area is 192 Å². The second-order valence-corrected chi connectivity index (χ2v) is 8.34. The molecule has 0 aliphatic heterocycles. The SMILES string of the molecule is C=CCN=c1scc(-c2ccc(OC)cc2OC)n1N=Cc1c[nH]c2ccc(Br)cc12. The molecule has 0 fully saturated rings. The summed E-state index contributed by atoms with van der Waals surface area (Å²) in [6.45, 7) is 4.28. The molecule has 2 heterocycles. The predicted molar refractivity (Wildman–Crippen MR) is 130 cm³/mol. The van der Waals surface area contributed by atoms with E-state index in [1.54, 1.807) is 20.3 Å². The molecule has 2 aromatic carbocycles. The second-order valence-electron chi connectivity index (χ2n) is 6.59. The molecule has 0 radical (unpaired) electrons. The molecule has 158 valence electrons. The van der Waals surface area contributed by atoms with Gasteiger partial charge in [0.1, 0.15) is 11.5 Å². The van der Waals surface area contributed by atoms with Gasteiger partial charge in [0.05, 0.1) is 32.7 Å². The minimum atomic E-state index is 0.509. The van der Waals surface area contributed by atoms with E-state index in [2.05, 4.69) is 38.6 Å². The van der Waals surface area contributed by atoms with E-state index in [0.717, 1.165) is 42.7 Å². The molecule has 6 nitrogen and oxygen atoms in total. The van der Waals surface area contributed by atoms with E-state index in [9.17, 15) is 0 Å². The molecule has 0 aliphatic carbocycles. The van der Waals surface area contributed by atoms with Gasteiger partial charge in [0.2, 0.25) is 4.80 Å². The van der Waals surface area contributed by atoms with Crippen molar-refractivity contribution in [1.29, 1.82) is 0 Å². The lowest BCUT2D eigenvalue weighted by Crippen LogP contribution is -2.12. The number of hydrogen-bond donors (Lipinski definition) is 1. The van der Waals surface area contributed by atoms with Crippen LogP contribution in [0.4, 0.5) is 0 Å². The highest BCUT2D eigenvalue weighted by Crippen LogP contribution is 2.33. The lowest BCUT2D eigenvalue weighted by Gasteiger charge is -2.10. The van der Waals surface area contributed by atoms with Crippen LogP contribution in [0.2, 0.25) is 0 Å². The van der Waals surface area contributed by atoms with Gasteiger partial charge in [-0.25, -0.2) is 4.68 Å². The predicted octanol–water partition coefficient (Wildman–Crippen LogP) is 5.45. The average Bonchev–Trinajstić information content (AvgIpc) is 3.38. The van der Waals surface area contributed by atoms with Gasteiger partial charge in [-0.3, -0.25) is 4.99 Å². The van der Waals surface area contributed by atoms with Gasteiger partial charge in [-0.1, -0.05) is 22.0 Å². The molecule has 0 saturated carbocycles. The van der Waals surface area contributed by atoms with Crippen LogP contribution in [0, 0.1) is 0 Å². The number of nitrogens with one attached hydrogen (secondary N) is 1. The number of ether oxygens (including phenoxy) is 2. The summed E-state index contributed by atoms with van der Waals surface area (Å²) in [5.41, 5.74) is 3.81. The van der Waals surface area contributed by atoms with Crippen LogP contribution in [-0.2, 0) is 0 Å². The zero-order valence-corrected chi connectivity index (χ0v) is 19.5. The van der Waals surface area contributed by atoms with Gasteiger partial charge in [-0.15, -0.1) is 17.9 Å². The zero-order valence-electron chi connectivity index (χ0n) is 17.1. The molecule has 0 amide bonds. The normalized spacial score (nSPS) is 12.0. The first-order chi connectivity index (χ1) is 15.1. The average molecular weight is 497 g/mol. The zero-order chi connectivity index (χ0) is 21.8. The van der Waals surface area contributed by atoms with E-state index < -0.39 is 0 Å². The Balaban J connectivity index is 1.84. The van der Waals surface area contributed by atoms with Crippen LogP contribution in [0.5, 0.6) is 11.5 Å². The summed E-state index contributed by atoms with van der Waals surface area (Å²) < 4.78 is 13.8. The number of rotatable bonds is 7. The molecule has 4 aromatic rings. The van der Waals surface area contributed by atoms with Crippen molar-refractivity contribution in [2.45, 2.75) is 0 Å². The highest BCUT2D eigenvalue weighted by molar-refractivity contribution is 9.10. The Morgan fingerprint density at radius 3 is 2.84 bits per heavy atom. The second kappa shape index (κ2) is 9.36. The van der Waals surface area contributed by atoms with Crippen LogP contribution in [0.3, 0.4) is 0 Å². The summed E-state index contributed by atoms with van der Waals surface area (Å²) in [7, 11) is 3.28. The molecule has 0 unspecified atom stereocenters. The quantitative estimate of drug-likeness (QED) is 0.273. The maximum atomic E-state index is 5.61. The molecule has 2 aromatic heterocycles. The van der Waals surface area contributed by atoms with Crippen molar-refractivity contribution >= 4 is 44.4 Å². The van der Waals surface area contributed by atoms with E-state index in [1.165, 1.54) is 11.3 Å². The van der Waals surface area contributed by atoms with Crippen LogP contribution in [0.15, 0.2) is 75.2 Å². The minimum absolute atomic E-state index is 0.509. The molecule has 4 rings (SSSR count). The van der Waals surface area contributed by atoms with Crippen LogP contribution in [0.1, 0.15) is 5.56 Å². The number of aromatic amines is 1. The summed E-state index contributed by atoms with van der Waals surface area (Å²) >= 11 is 5.06. The first-order valence-corrected chi connectivity index (χ1v) is 11.2. The maximum Gasteiger partial charge on any atom is 0.206 e. The van der Waals surface area contributed by atoms with Crippen molar-refractivity contribution in [3.05, 3.63) is 75.5 Å². The van der Waals surface area contributed by atoms with E-state index in [4.69, 9.17) is 14.6 Å². The molecule has 31 heavy (non-hydrogen) atoms. The molecule has 0 spiro atoms. The lowest BCUT2D eigenvalue weighted by atomic mass is 10.1. The van der Waals surface area contributed by atoms with E-state index >= 15 is 0 Å². The standard InChI is InChI=1S/C23H21BrN4O2S/c1-4-9-25-23-28(27-13-15-12-26-20-8-5-16(24)10-19(15)20)21(14-31-23)18-7-6-17(29-2)11-22(18)30-3/h4-8,10-14,26H,1,9H2,2-3H3. The smallest absolute Gasteiger partial charge is 0.206 e. The molecule has 0 bridgehead atoms. The Kier molecular flexibility index (Phi) is 6.39. The Morgan fingerprint density at radius 2 is 2.06 bits per heavy atom. The van der Waals surface area contributed by atoms with Crippen LogP contribution in [-0.4, -0.2) is 36.6 Å². The maximum absolute atomic E-state index is 5.61. The summed E-state index contributed by atoms with van der Waals surface area (Å²) in [5.74, 6) is 1.43. The number of methoxy groups -OCH3 is 2. The molecule has 0 saturated heterocycles. The molecule has 0 aliphatic rings. The summed E-state index contributed by atoms with van der Waals surface area (Å²) in [6.07, 6.45) is 5.55. The number of aromatic nitrogens is 2. The van der Waals surface area contributed by atoms with Crippen molar-refractivity contribution in [2.75, 3.05) is 20.8 Å². The lowest BCUT2D eigenvalue weighted by molar-refractivity contribution is 0.395. The monoisotopic (exact) mass is 496 g/mol. The van der Waals surface area contributed by atoms with Crippen LogP contribution < -0.4 is 14.3 Å². The van der Waals surface area contributed by atoms with Gasteiger partial charge in [0, 0.05) is 44.1 Å².